The largest absolute Gasteiger partial charge is 0.360 e. The van der Waals surface area contributed by atoms with Crippen LogP contribution in [-0.2, 0) is 11.2 Å². The Kier molecular flexibility index (Phi) is 4.16. The Labute approximate surface area is 114 Å². The molecule has 2 aromatic rings. The van der Waals surface area contributed by atoms with Crippen molar-refractivity contribution in [2.24, 2.45) is 0 Å². The standard InChI is InChI=1S/C11H14ClN5O2/c1-7(2)17-6-10(14-16-17)13-11(18)4-3-8-5-9(12)15-19-8/h5-7H,3-4H2,1-2H3,(H,13,18). The molecule has 8 heteroatoms. The Morgan fingerprint density at radius 2 is 2.37 bits per heavy atom. The first-order valence-corrected chi connectivity index (χ1v) is 6.25. The monoisotopic (exact) mass is 283 g/mol. The number of hydrogen-bond donors (Lipinski definition) is 1. The first-order valence-electron chi connectivity index (χ1n) is 5.87. The Balaban J connectivity index is 1.83. The third-order valence-electron chi connectivity index (χ3n) is 2.44. The number of aromatic nitrogens is 4. The van der Waals surface area contributed by atoms with Gasteiger partial charge in [-0.1, -0.05) is 22.0 Å². The third-order valence-corrected chi connectivity index (χ3v) is 2.61. The highest BCUT2D eigenvalue weighted by atomic mass is 35.5. The molecule has 2 heterocycles. The summed E-state index contributed by atoms with van der Waals surface area (Å²) in [5, 5.41) is 14.2. The number of anilines is 1. The van der Waals surface area contributed by atoms with Gasteiger partial charge in [-0.05, 0) is 13.8 Å². The van der Waals surface area contributed by atoms with Crippen LogP contribution in [0.1, 0.15) is 32.1 Å². The van der Waals surface area contributed by atoms with E-state index in [1.807, 2.05) is 13.8 Å². The summed E-state index contributed by atoms with van der Waals surface area (Å²) < 4.78 is 6.58. The van der Waals surface area contributed by atoms with Gasteiger partial charge in [-0.15, -0.1) is 5.10 Å². The molecule has 2 rings (SSSR count). The molecule has 0 aromatic carbocycles. The molecule has 1 N–H and O–H groups in total. The normalized spacial score (nSPS) is 10.9. The summed E-state index contributed by atoms with van der Waals surface area (Å²) in [7, 11) is 0. The van der Waals surface area contributed by atoms with Gasteiger partial charge in [-0.2, -0.15) is 0 Å². The van der Waals surface area contributed by atoms with Gasteiger partial charge in [-0.25, -0.2) is 4.68 Å². The third kappa shape index (κ3) is 3.78. The topological polar surface area (TPSA) is 85.8 Å². The predicted octanol–water partition coefficient (Wildman–Crippen LogP) is 2.07. The molecule has 102 valence electrons. The molecule has 2 aromatic heterocycles. The molecular formula is C11H14ClN5O2. The second kappa shape index (κ2) is 5.83. The van der Waals surface area contributed by atoms with Crippen LogP contribution >= 0.6 is 11.6 Å². The average molecular weight is 284 g/mol. The molecule has 0 aliphatic rings. The summed E-state index contributed by atoms with van der Waals surface area (Å²) in [6.45, 7) is 3.96. The quantitative estimate of drug-likeness (QED) is 0.908. The summed E-state index contributed by atoms with van der Waals surface area (Å²) in [6, 6.07) is 1.79. The van der Waals surface area contributed by atoms with Crippen molar-refractivity contribution in [3.63, 3.8) is 0 Å². The van der Waals surface area contributed by atoms with Gasteiger partial charge in [0.05, 0.1) is 6.20 Å². The number of hydrogen-bond acceptors (Lipinski definition) is 5. The van der Waals surface area contributed by atoms with E-state index in [9.17, 15) is 4.79 Å². The summed E-state index contributed by atoms with van der Waals surface area (Å²) in [4.78, 5) is 11.7. The second-order valence-electron chi connectivity index (χ2n) is 4.34. The molecule has 0 saturated carbocycles. The van der Waals surface area contributed by atoms with E-state index in [1.54, 1.807) is 16.9 Å². The van der Waals surface area contributed by atoms with Crippen molar-refractivity contribution in [3.8, 4) is 0 Å². The predicted molar refractivity (Wildman–Crippen MR) is 68.9 cm³/mol. The van der Waals surface area contributed by atoms with Crippen molar-refractivity contribution in [3.05, 3.63) is 23.2 Å². The molecule has 0 bridgehead atoms. The van der Waals surface area contributed by atoms with Gasteiger partial charge in [-0.3, -0.25) is 4.79 Å². The van der Waals surface area contributed by atoms with E-state index < -0.39 is 0 Å². The number of rotatable bonds is 5. The van der Waals surface area contributed by atoms with Crippen molar-refractivity contribution >= 4 is 23.3 Å². The molecule has 0 aliphatic carbocycles. The highest BCUT2D eigenvalue weighted by molar-refractivity contribution is 6.29. The zero-order valence-electron chi connectivity index (χ0n) is 10.6. The smallest absolute Gasteiger partial charge is 0.226 e. The number of amides is 1. The van der Waals surface area contributed by atoms with Crippen molar-refractivity contribution in [2.75, 3.05) is 5.32 Å². The van der Waals surface area contributed by atoms with Gasteiger partial charge in [0.15, 0.2) is 11.0 Å². The average Bonchev–Trinajstić information content (AvgIpc) is 2.96. The van der Waals surface area contributed by atoms with E-state index in [0.717, 1.165) is 0 Å². The molecule has 7 nitrogen and oxygen atoms in total. The number of aryl methyl sites for hydroxylation is 1. The van der Waals surface area contributed by atoms with Crippen LogP contribution < -0.4 is 5.32 Å². The Hall–Kier alpha value is -1.89. The zero-order chi connectivity index (χ0) is 13.8. The van der Waals surface area contributed by atoms with Crippen LogP contribution in [0.4, 0.5) is 5.82 Å². The van der Waals surface area contributed by atoms with Crippen LogP contribution in [0.25, 0.3) is 0 Å². The van der Waals surface area contributed by atoms with Gasteiger partial charge >= 0.3 is 0 Å². The van der Waals surface area contributed by atoms with E-state index in [4.69, 9.17) is 16.1 Å². The summed E-state index contributed by atoms with van der Waals surface area (Å²) in [6.07, 6.45) is 2.39. The summed E-state index contributed by atoms with van der Waals surface area (Å²) in [5.74, 6) is 0.851. The molecule has 0 fully saturated rings. The SMILES string of the molecule is CC(C)n1cc(NC(=O)CCc2cc(Cl)no2)nn1. The van der Waals surface area contributed by atoms with Crippen LogP contribution in [0.15, 0.2) is 16.8 Å². The number of halogens is 1. The molecule has 0 saturated heterocycles. The van der Waals surface area contributed by atoms with E-state index in [2.05, 4.69) is 20.8 Å². The number of carbonyl (C=O) groups excluding carboxylic acids is 1. The van der Waals surface area contributed by atoms with Gasteiger partial charge < -0.3 is 9.84 Å². The van der Waals surface area contributed by atoms with Crippen LogP contribution in [0.5, 0.6) is 0 Å². The summed E-state index contributed by atoms with van der Waals surface area (Å²) in [5.41, 5.74) is 0. The molecule has 0 spiro atoms. The highest BCUT2D eigenvalue weighted by Crippen LogP contribution is 2.11. The Morgan fingerprint density at radius 3 is 2.95 bits per heavy atom. The lowest BCUT2D eigenvalue weighted by Gasteiger charge is -2.01. The van der Waals surface area contributed by atoms with E-state index in [1.165, 1.54) is 0 Å². The molecule has 0 unspecified atom stereocenters. The molecule has 0 radical (unpaired) electrons. The lowest BCUT2D eigenvalue weighted by atomic mass is 10.2. The van der Waals surface area contributed by atoms with E-state index in [0.29, 0.717) is 18.0 Å². The van der Waals surface area contributed by atoms with Crippen molar-refractivity contribution in [1.82, 2.24) is 20.2 Å². The fourth-order valence-corrected chi connectivity index (χ4v) is 1.59. The van der Waals surface area contributed by atoms with Crippen molar-refractivity contribution in [1.29, 1.82) is 0 Å². The highest BCUT2D eigenvalue weighted by Gasteiger charge is 2.09. The second-order valence-corrected chi connectivity index (χ2v) is 4.73. The van der Waals surface area contributed by atoms with Crippen molar-refractivity contribution < 1.29 is 9.32 Å². The molecular weight excluding hydrogens is 270 g/mol. The van der Waals surface area contributed by atoms with Crippen molar-refractivity contribution in [2.45, 2.75) is 32.7 Å². The lowest BCUT2D eigenvalue weighted by molar-refractivity contribution is -0.116. The van der Waals surface area contributed by atoms with Gasteiger partial charge in [0.25, 0.3) is 0 Å². The molecule has 0 atom stereocenters. The molecule has 19 heavy (non-hydrogen) atoms. The van der Waals surface area contributed by atoms with Gasteiger partial charge in [0, 0.05) is 24.9 Å². The van der Waals surface area contributed by atoms with E-state index in [-0.39, 0.29) is 23.5 Å². The number of carbonyl (C=O) groups is 1. The number of nitrogens with one attached hydrogen (secondary N) is 1. The minimum Gasteiger partial charge on any atom is -0.360 e. The first kappa shape index (κ1) is 13.5. The summed E-state index contributed by atoms with van der Waals surface area (Å²) >= 11 is 5.61. The number of nitrogens with zero attached hydrogens (tertiary/aromatic N) is 4. The van der Waals surface area contributed by atoms with Gasteiger partial charge in [0.1, 0.15) is 5.76 Å². The van der Waals surface area contributed by atoms with Crippen LogP contribution in [-0.4, -0.2) is 26.1 Å². The fourth-order valence-electron chi connectivity index (χ4n) is 1.43. The molecule has 1 amide bonds. The minimum atomic E-state index is -0.164. The van der Waals surface area contributed by atoms with E-state index >= 15 is 0 Å². The Morgan fingerprint density at radius 1 is 1.58 bits per heavy atom. The van der Waals surface area contributed by atoms with Crippen LogP contribution in [0, 0.1) is 0 Å². The first-order chi connectivity index (χ1) is 9.04. The maximum Gasteiger partial charge on any atom is 0.226 e. The Bertz CT molecular complexity index is 563. The molecule has 0 aliphatic heterocycles. The maximum atomic E-state index is 11.7. The minimum absolute atomic E-state index is 0.164. The maximum absolute atomic E-state index is 11.7. The lowest BCUT2D eigenvalue weighted by Crippen LogP contribution is -2.12. The van der Waals surface area contributed by atoms with Crippen LogP contribution in [0.2, 0.25) is 5.15 Å². The van der Waals surface area contributed by atoms with Gasteiger partial charge in [0.2, 0.25) is 5.91 Å². The fraction of sp³-hybridized carbons (Fsp3) is 0.455. The zero-order valence-corrected chi connectivity index (χ0v) is 11.4. The van der Waals surface area contributed by atoms with Crippen LogP contribution in [0.3, 0.4) is 0 Å².